The van der Waals surface area contributed by atoms with Crippen molar-refractivity contribution in [3.63, 3.8) is 0 Å². The molecule has 1 saturated heterocycles. The number of carbonyl (C=O) groups excluding carboxylic acids is 2. The molecule has 1 fully saturated rings. The normalized spacial score (nSPS) is 14.5. The molecule has 0 saturated carbocycles. The van der Waals surface area contributed by atoms with Gasteiger partial charge in [0.05, 0.1) is 5.56 Å². The Balaban J connectivity index is 1.66. The van der Waals surface area contributed by atoms with Gasteiger partial charge in [-0.3, -0.25) is 9.59 Å². The summed E-state index contributed by atoms with van der Waals surface area (Å²) >= 11 is 11.9. The standard InChI is InChI=1S/C18H15Cl2FN2O2/c19-13-9-12(10-14(20)11-13)17(24)22-5-7-23(8-6-22)18(25)15-3-1-2-4-16(15)21/h1-4,9-11H,5-8H2. The summed E-state index contributed by atoms with van der Waals surface area (Å²) < 4.78 is 13.8. The predicted molar refractivity (Wildman–Crippen MR) is 94.7 cm³/mol. The van der Waals surface area contributed by atoms with Crippen molar-refractivity contribution in [1.82, 2.24) is 9.80 Å². The van der Waals surface area contributed by atoms with Crippen LogP contribution in [0.1, 0.15) is 20.7 Å². The van der Waals surface area contributed by atoms with Crippen LogP contribution < -0.4 is 0 Å². The van der Waals surface area contributed by atoms with Crippen molar-refractivity contribution in [2.24, 2.45) is 0 Å². The van der Waals surface area contributed by atoms with E-state index in [-0.39, 0.29) is 17.4 Å². The zero-order valence-corrected chi connectivity index (χ0v) is 14.7. The van der Waals surface area contributed by atoms with E-state index in [1.54, 1.807) is 40.1 Å². The quantitative estimate of drug-likeness (QED) is 0.796. The molecule has 4 nitrogen and oxygen atoms in total. The third-order valence-corrected chi connectivity index (χ3v) is 4.50. The first kappa shape index (κ1) is 17.7. The second-order valence-corrected chi connectivity index (χ2v) is 6.60. The highest BCUT2D eigenvalue weighted by Crippen LogP contribution is 2.21. The van der Waals surface area contributed by atoms with Gasteiger partial charge in [-0.05, 0) is 30.3 Å². The van der Waals surface area contributed by atoms with E-state index in [4.69, 9.17) is 23.2 Å². The minimum Gasteiger partial charge on any atom is -0.335 e. The van der Waals surface area contributed by atoms with Crippen LogP contribution >= 0.6 is 23.2 Å². The van der Waals surface area contributed by atoms with Crippen molar-refractivity contribution in [3.05, 3.63) is 69.5 Å². The zero-order chi connectivity index (χ0) is 18.0. The van der Waals surface area contributed by atoms with Crippen molar-refractivity contribution in [1.29, 1.82) is 0 Å². The van der Waals surface area contributed by atoms with Gasteiger partial charge in [-0.15, -0.1) is 0 Å². The second kappa shape index (κ2) is 7.42. The summed E-state index contributed by atoms with van der Waals surface area (Å²) in [6.45, 7) is 1.41. The average molecular weight is 381 g/mol. The minimum atomic E-state index is -0.542. The molecule has 1 aliphatic heterocycles. The monoisotopic (exact) mass is 380 g/mol. The minimum absolute atomic E-state index is 0.0453. The first-order valence-electron chi connectivity index (χ1n) is 7.75. The molecule has 0 N–H and O–H groups in total. The number of carbonyl (C=O) groups is 2. The summed E-state index contributed by atoms with van der Waals surface area (Å²) in [6, 6.07) is 10.6. The van der Waals surface area contributed by atoms with Gasteiger partial charge in [0.1, 0.15) is 5.82 Å². The number of hydrogen-bond donors (Lipinski definition) is 0. The lowest BCUT2D eigenvalue weighted by Crippen LogP contribution is -2.50. The average Bonchev–Trinajstić information content (AvgIpc) is 2.60. The van der Waals surface area contributed by atoms with Crippen molar-refractivity contribution in [2.45, 2.75) is 0 Å². The maximum absolute atomic E-state index is 13.8. The maximum atomic E-state index is 13.8. The molecule has 1 heterocycles. The Labute approximate surface area is 154 Å². The van der Waals surface area contributed by atoms with Gasteiger partial charge in [-0.1, -0.05) is 35.3 Å². The summed E-state index contributed by atoms with van der Waals surface area (Å²) in [6.07, 6.45) is 0. The molecular formula is C18H15Cl2FN2O2. The number of nitrogens with zero attached hydrogens (tertiary/aromatic N) is 2. The summed E-state index contributed by atoms with van der Waals surface area (Å²) in [5, 5.41) is 0.786. The van der Waals surface area contributed by atoms with Crippen LogP contribution in [0.2, 0.25) is 10.0 Å². The smallest absolute Gasteiger partial charge is 0.256 e. The number of piperazine rings is 1. The van der Waals surface area contributed by atoms with Crippen LogP contribution in [0, 0.1) is 5.82 Å². The van der Waals surface area contributed by atoms with Gasteiger partial charge in [0.2, 0.25) is 0 Å². The van der Waals surface area contributed by atoms with Crippen LogP contribution in [0.4, 0.5) is 4.39 Å². The molecule has 3 rings (SSSR count). The molecule has 7 heteroatoms. The predicted octanol–water partition coefficient (Wildman–Crippen LogP) is 3.73. The molecule has 2 aromatic rings. The molecule has 1 aliphatic rings. The molecule has 0 radical (unpaired) electrons. The van der Waals surface area contributed by atoms with Crippen LogP contribution in [0.25, 0.3) is 0 Å². The Morgan fingerprint density at radius 3 is 1.92 bits per heavy atom. The molecular weight excluding hydrogens is 366 g/mol. The topological polar surface area (TPSA) is 40.6 Å². The third-order valence-electron chi connectivity index (χ3n) is 4.07. The number of hydrogen-bond acceptors (Lipinski definition) is 2. The van der Waals surface area contributed by atoms with Crippen LogP contribution in [0.5, 0.6) is 0 Å². The molecule has 130 valence electrons. The highest BCUT2D eigenvalue weighted by Gasteiger charge is 2.26. The van der Waals surface area contributed by atoms with Crippen LogP contribution in [-0.4, -0.2) is 47.8 Å². The SMILES string of the molecule is O=C(c1cc(Cl)cc(Cl)c1)N1CCN(C(=O)c2ccccc2F)CC1. The van der Waals surface area contributed by atoms with Gasteiger partial charge in [0.25, 0.3) is 11.8 Å². The van der Waals surface area contributed by atoms with Crippen molar-refractivity contribution < 1.29 is 14.0 Å². The Morgan fingerprint density at radius 2 is 1.36 bits per heavy atom. The van der Waals surface area contributed by atoms with E-state index in [1.807, 2.05) is 0 Å². The Hall–Kier alpha value is -2.11. The van der Waals surface area contributed by atoms with Gasteiger partial charge in [-0.2, -0.15) is 0 Å². The van der Waals surface area contributed by atoms with E-state index < -0.39 is 5.82 Å². The molecule has 2 amide bonds. The zero-order valence-electron chi connectivity index (χ0n) is 13.2. The van der Waals surface area contributed by atoms with E-state index in [0.29, 0.717) is 41.8 Å². The van der Waals surface area contributed by atoms with E-state index in [2.05, 4.69) is 0 Å². The van der Waals surface area contributed by atoms with Crippen LogP contribution in [0.3, 0.4) is 0 Å². The fourth-order valence-electron chi connectivity index (χ4n) is 2.78. The molecule has 2 aromatic carbocycles. The summed E-state index contributed by atoms with van der Waals surface area (Å²) in [4.78, 5) is 28.1. The van der Waals surface area contributed by atoms with Crippen molar-refractivity contribution in [3.8, 4) is 0 Å². The fourth-order valence-corrected chi connectivity index (χ4v) is 3.30. The Morgan fingerprint density at radius 1 is 0.840 bits per heavy atom. The van der Waals surface area contributed by atoms with Gasteiger partial charge < -0.3 is 9.80 Å². The van der Waals surface area contributed by atoms with Crippen LogP contribution in [-0.2, 0) is 0 Å². The van der Waals surface area contributed by atoms with Crippen molar-refractivity contribution in [2.75, 3.05) is 26.2 Å². The highest BCUT2D eigenvalue weighted by molar-refractivity contribution is 6.35. The van der Waals surface area contributed by atoms with E-state index >= 15 is 0 Å². The number of amides is 2. The Bertz CT molecular complexity index is 800. The van der Waals surface area contributed by atoms with E-state index in [1.165, 1.54) is 12.1 Å². The first-order chi connectivity index (χ1) is 12.0. The maximum Gasteiger partial charge on any atom is 0.256 e. The lowest BCUT2D eigenvalue weighted by molar-refractivity contribution is 0.0533. The first-order valence-corrected chi connectivity index (χ1v) is 8.50. The third kappa shape index (κ3) is 3.94. The molecule has 0 aromatic heterocycles. The number of benzene rings is 2. The van der Waals surface area contributed by atoms with Gasteiger partial charge >= 0.3 is 0 Å². The molecule has 0 bridgehead atoms. The highest BCUT2D eigenvalue weighted by atomic mass is 35.5. The molecule has 0 spiro atoms. The van der Waals surface area contributed by atoms with Gasteiger partial charge in [0.15, 0.2) is 0 Å². The summed E-state index contributed by atoms with van der Waals surface area (Å²) in [7, 11) is 0. The molecule has 0 aliphatic carbocycles. The summed E-state index contributed by atoms with van der Waals surface area (Å²) in [5.74, 6) is -1.10. The van der Waals surface area contributed by atoms with E-state index in [0.717, 1.165) is 0 Å². The summed E-state index contributed by atoms with van der Waals surface area (Å²) in [5.41, 5.74) is 0.454. The molecule has 0 unspecified atom stereocenters. The van der Waals surface area contributed by atoms with Crippen LogP contribution in [0.15, 0.2) is 42.5 Å². The number of halogens is 3. The second-order valence-electron chi connectivity index (χ2n) is 5.72. The molecule has 0 atom stereocenters. The largest absolute Gasteiger partial charge is 0.335 e. The van der Waals surface area contributed by atoms with Crippen molar-refractivity contribution >= 4 is 35.0 Å². The van der Waals surface area contributed by atoms with Gasteiger partial charge in [-0.25, -0.2) is 4.39 Å². The fraction of sp³-hybridized carbons (Fsp3) is 0.222. The lowest BCUT2D eigenvalue weighted by Gasteiger charge is -2.35. The lowest BCUT2D eigenvalue weighted by atomic mass is 10.1. The Kier molecular flexibility index (Phi) is 5.25. The molecule has 25 heavy (non-hydrogen) atoms. The van der Waals surface area contributed by atoms with Gasteiger partial charge in [0, 0.05) is 41.8 Å². The number of rotatable bonds is 2. The van der Waals surface area contributed by atoms with E-state index in [9.17, 15) is 14.0 Å².